The van der Waals surface area contributed by atoms with Crippen molar-refractivity contribution >= 4 is 11.9 Å². The number of carbonyl (C=O) groups excluding carboxylic acids is 1. The van der Waals surface area contributed by atoms with Crippen molar-refractivity contribution in [2.75, 3.05) is 19.6 Å². The molecule has 1 aliphatic rings. The number of amides is 1. The Morgan fingerprint density at radius 2 is 1.91 bits per heavy atom. The maximum Gasteiger partial charge on any atom is 0.253 e. The number of nitrogens with one attached hydrogen (secondary N) is 1. The summed E-state index contributed by atoms with van der Waals surface area (Å²) in [5.41, 5.74) is 7.65. The number of hydrogen-bond donors (Lipinski definition) is 2. The quantitative estimate of drug-likeness (QED) is 0.599. The zero-order valence-corrected chi connectivity index (χ0v) is 14.2. The highest BCUT2D eigenvalue weighted by Gasteiger charge is 2.16. The average molecular weight is 316 g/mol. The highest BCUT2D eigenvalue weighted by molar-refractivity contribution is 5.94. The molecule has 0 heterocycles. The number of rotatable bonds is 7. The zero-order chi connectivity index (χ0) is 16.7. The molecule has 0 unspecified atom stereocenters. The van der Waals surface area contributed by atoms with Gasteiger partial charge in [-0.1, -0.05) is 18.6 Å². The molecule has 3 N–H and O–H groups in total. The minimum absolute atomic E-state index is 0.0757. The summed E-state index contributed by atoms with van der Waals surface area (Å²) in [4.78, 5) is 18.4. The molecule has 1 saturated carbocycles. The molecule has 0 radical (unpaired) electrons. The molecule has 5 heteroatoms. The van der Waals surface area contributed by atoms with E-state index in [4.69, 9.17) is 5.73 Å². The van der Waals surface area contributed by atoms with Crippen LogP contribution < -0.4 is 11.1 Å². The Bertz CT molecular complexity index is 530. The molecule has 1 aromatic rings. The van der Waals surface area contributed by atoms with Crippen LogP contribution in [-0.4, -0.2) is 36.4 Å². The summed E-state index contributed by atoms with van der Waals surface area (Å²) < 4.78 is 0. The van der Waals surface area contributed by atoms with Crippen LogP contribution in [-0.2, 0) is 6.54 Å². The molecule has 0 aliphatic heterocycles. The van der Waals surface area contributed by atoms with E-state index in [2.05, 4.69) is 10.3 Å². The number of guanidine groups is 1. The molecule has 0 aromatic heterocycles. The third-order valence-electron chi connectivity index (χ3n) is 4.48. The molecule has 0 saturated heterocycles. The third-order valence-corrected chi connectivity index (χ3v) is 4.48. The lowest BCUT2D eigenvalue weighted by molar-refractivity contribution is 0.0773. The van der Waals surface area contributed by atoms with E-state index in [1.165, 1.54) is 19.3 Å². The van der Waals surface area contributed by atoms with Gasteiger partial charge in [-0.05, 0) is 50.3 Å². The van der Waals surface area contributed by atoms with E-state index in [0.717, 1.165) is 36.7 Å². The maximum absolute atomic E-state index is 12.2. The summed E-state index contributed by atoms with van der Waals surface area (Å²) in [5, 5.41) is 3.18. The molecule has 1 amide bonds. The summed E-state index contributed by atoms with van der Waals surface area (Å²) in [5.74, 6) is 1.33. The van der Waals surface area contributed by atoms with Crippen LogP contribution in [0.2, 0.25) is 0 Å². The molecule has 0 atom stereocenters. The molecular weight excluding hydrogens is 288 g/mol. The van der Waals surface area contributed by atoms with Crippen LogP contribution in [0.3, 0.4) is 0 Å². The molecule has 1 aliphatic carbocycles. The Kier molecular flexibility index (Phi) is 6.44. The van der Waals surface area contributed by atoms with Gasteiger partial charge in [-0.15, -0.1) is 0 Å². The minimum atomic E-state index is 0.0757. The summed E-state index contributed by atoms with van der Waals surface area (Å²) in [6.07, 6.45) is 3.92. The molecule has 126 valence electrons. The number of aliphatic imine (C=N–C) groups is 1. The van der Waals surface area contributed by atoms with Crippen LogP contribution in [0.4, 0.5) is 0 Å². The van der Waals surface area contributed by atoms with Gasteiger partial charge in [0.2, 0.25) is 0 Å². The second-order valence-corrected chi connectivity index (χ2v) is 6.05. The second kappa shape index (κ2) is 8.56. The topological polar surface area (TPSA) is 70.7 Å². The Labute approximate surface area is 139 Å². The van der Waals surface area contributed by atoms with Gasteiger partial charge in [0, 0.05) is 25.2 Å². The van der Waals surface area contributed by atoms with Gasteiger partial charge in [-0.25, -0.2) is 4.99 Å². The SMILES string of the molecule is CCN(CC)C(=O)c1ccc(CN=C(N)NCC2CCC2)cc1. The van der Waals surface area contributed by atoms with Crippen molar-refractivity contribution in [3.63, 3.8) is 0 Å². The van der Waals surface area contributed by atoms with Crippen molar-refractivity contribution in [3.8, 4) is 0 Å². The molecule has 2 rings (SSSR count). The zero-order valence-electron chi connectivity index (χ0n) is 14.2. The molecule has 0 bridgehead atoms. The Morgan fingerprint density at radius 3 is 2.43 bits per heavy atom. The van der Waals surface area contributed by atoms with Crippen LogP contribution in [0, 0.1) is 5.92 Å². The Morgan fingerprint density at radius 1 is 1.26 bits per heavy atom. The van der Waals surface area contributed by atoms with Gasteiger partial charge in [0.05, 0.1) is 6.54 Å². The fraction of sp³-hybridized carbons (Fsp3) is 0.556. The Hall–Kier alpha value is -2.04. The smallest absolute Gasteiger partial charge is 0.253 e. The van der Waals surface area contributed by atoms with Crippen molar-refractivity contribution in [1.29, 1.82) is 0 Å². The first-order valence-electron chi connectivity index (χ1n) is 8.56. The molecule has 1 fully saturated rings. The number of nitrogens with two attached hydrogens (primary N) is 1. The molecule has 0 spiro atoms. The van der Waals surface area contributed by atoms with Crippen molar-refractivity contribution in [3.05, 3.63) is 35.4 Å². The molecule has 5 nitrogen and oxygen atoms in total. The summed E-state index contributed by atoms with van der Waals surface area (Å²) >= 11 is 0. The number of hydrogen-bond acceptors (Lipinski definition) is 2. The van der Waals surface area contributed by atoms with E-state index >= 15 is 0 Å². The number of nitrogens with zero attached hydrogens (tertiary/aromatic N) is 2. The van der Waals surface area contributed by atoms with Gasteiger partial charge in [0.15, 0.2) is 5.96 Å². The molecular formula is C18H28N4O. The van der Waals surface area contributed by atoms with Crippen LogP contribution in [0.1, 0.15) is 49.0 Å². The molecule has 1 aromatic carbocycles. The van der Waals surface area contributed by atoms with E-state index in [1.807, 2.05) is 43.0 Å². The lowest BCUT2D eigenvalue weighted by Crippen LogP contribution is -2.37. The maximum atomic E-state index is 12.2. The van der Waals surface area contributed by atoms with E-state index in [1.54, 1.807) is 0 Å². The summed E-state index contributed by atoms with van der Waals surface area (Å²) in [6.45, 7) is 6.89. The van der Waals surface area contributed by atoms with Crippen molar-refractivity contribution in [2.24, 2.45) is 16.6 Å². The predicted molar refractivity (Wildman–Crippen MR) is 94.4 cm³/mol. The van der Waals surface area contributed by atoms with Crippen molar-refractivity contribution < 1.29 is 4.79 Å². The summed E-state index contributed by atoms with van der Waals surface area (Å²) in [7, 11) is 0. The highest BCUT2D eigenvalue weighted by Crippen LogP contribution is 2.24. The highest BCUT2D eigenvalue weighted by atomic mass is 16.2. The second-order valence-electron chi connectivity index (χ2n) is 6.05. The van der Waals surface area contributed by atoms with Gasteiger partial charge in [0.1, 0.15) is 0 Å². The first-order valence-corrected chi connectivity index (χ1v) is 8.56. The normalized spacial score (nSPS) is 15.1. The summed E-state index contributed by atoms with van der Waals surface area (Å²) in [6, 6.07) is 7.62. The van der Waals surface area contributed by atoms with E-state index in [9.17, 15) is 4.79 Å². The van der Waals surface area contributed by atoms with Gasteiger partial charge in [0.25, 0.3) is 5.91 Å². The van der Waals surface area contributed by atoms with Gasteiger partial charge in [-0.2, -0.15) is 0 Å². The monoisotopic (exact) mass is 316 g/mol. The lowest BCUT2D eigenvalue weighted by Gasteiger charge is -2.25. The Balaban J connectivity index is 1.85. The standard InChI is InChI=1S/C18H28N4O/c1-3-22(4-2)17(23)16-10-8-15(9-11-16)13-21-18(19)20-12-14-6-5-7-14/h8-11,14H,3-7,12-13H2,1-2H3,(H3,19,20,21). The van der Waals surface area contributed by atoms with E-state index in [0.29, 0.717) is 12.5 Å². The van der Waals surface area contributed by atoms with Gasteiger partial charge >= 0.3 is 0 Å². The first kappa shape index (κ1) is 17.3. The average Bonchev–Trinajstić information content (AvgIpc) is 2.53. The fourth-order valence-corrected chi connectivity index (χ4v) is 2.62. The van der Waals surface area contributed by atoms with Gasteiger partial charge in [-0.3, -0.25) is 4.79 Å². The van der Waals surface area contributed by atoms with Crippen LogP contribution >= 0.6 is 0 Å². The number of carbonyl (C=O) groups is 1. The minimum Gasteiger partial charge on any atom is -0.370 e. The largest absolute Gasteiger partial charge is 0.370 e. The van der Waals surface area contributed by atoms with E-state index in [-0.39, 0.29) is 5.91 Å². The van der Waals surface area contributed by atoms with Crippen molar-refractivity contribution in [2.45, 2.75) is 39.7 Å². The molecule has 23 heavy (non-hydrogen) atoms. The van der Waals surface area contributed by atoms with Crippen LogP contribution in [0.25, 0.3) is 0 Å². The lowest BCUT2D eigenvalue weighted by atomic mass is 9.85. The van der Waals surface area contributed by atoms with Crippen molar-refractivity contribution in [1.82, 2.24) is 10.2 Å². The van der Waals surface area contributed by atoms with Crippen LogP contribution in [0.5, 0.6) is 0 Å². The predicted octanol–water partition coefficient (Wildman–Crippen LogP) is 2.37. The number of benzene rings is 1. The van der Waals surface area contributed by atoms with Crippen LogP contribution in [0.15, 0.2) is 29.3 Å². The fourth-order valence-electron chi connectivity index (χ4n) is 2.62. The van der Waals surface area contributed by atoms with Gasteiger partial charge < -0.3 is 16.0 Å². The first-order chi connectivity index (χ1) is 11.1. The third kappa shape index (κ3) is 4.98. The van der Waals surface area contributed by atoms with E-state index < -0.39 is 0 Å².